The van der Waals surface area contributed by atoms with E-state index < -0.39 is 0 Å². The van der Waals surface area contributed by atoms with Gasteiger partial charge in [-0.1, -0.05) is 37.6 Å². The van der Waals surface area contributed by atoms with Crippen LogP contribution < -0.4 is 10.1 Å². The Labute approximate surface area is 179 Å². The molecule has 160 valence electrons. The van der Waals surface area contributed by atoms with Crippen LogP contribution in [-0.4, -0.2) is 28.6 Å². The maximum atomic E-state index is 11.5. The van der Waals surface area contributed by atoms with E-state index in [-0.39, 0.29) is 5.91 Å². The van der Waals surface area contributed by atoms with Gasteiger partial charge in [-0.25, -0.2) is 4.98 Å². The molecule has 3 aromatic rings. The van der Waals surface area contributed by atoms with E-state index in [1.807, 2.05) is 25.1 Å². The number of unbranched alkanes of at least 4 members (excludes halogenated alkanes) is 2. The van der Waals surface area contributed by atoms with Crippen molar-refractivity contribution in [2.45, 2.75) is 58.9 Å². The molecule has 1 aromatic heterocycles. The highest BCUT2D eigenvalue weighted by Crippen LogP contribution is 2.19. The lowest BCUT2D eigenvalue weighted by Crippen LogP contribution is -2.23. The number of ether oxygens (including phenoxy) is 1. The van der Waals surface area contributed by atoms with Crippen molar-refractivity contribution in [2.24, 2.45) is 0 Å². The van der Waals surface area contributed by atoms with Gasteiger partial charge in [0.05, 0.1) is 17.6 Å². The number of aryl methyl sites for hydroxylation is 2. The summed E-state index contributed by atoms with van der Waals surface area (Å²) in [6.07, 6.45) is 5.60. The van der Waals surface area contributed by atoms with Crippen molar-refractivity contribution in [3.63, 3.8) is 0 Å². The summed E-state index contributed by atoms with van der Waals surface area (Å²) in [7, 11) is 0. The number of rotatable bonds is 12. The number of amides is 1. The summed E-state index contributed by atoms with van der Waals surface area (Å²) in [5, 5.41) is 2.99. The minimum atomic E-state index is 0.160. The molecular weight excluding hydrogens is 374 g/mol. The number of fused-ring (bicyclic) bond motifs is 1. The molecule has 30 heavy (non-hydrogen) atoms. The fraction of sp³-hybridized carbons (Fsp3) is 0.440. The normalized spacial score (nSPS) is 11.0. The number of hydrogen-bond donors (Lipinski definition) is 1. The molecular formula is C25H33N3O2. The Balaban J connectivity index is 1.53. The van der Waals surface area contributed by atoms with Crippen molar-refractivity contribution in [1.29, 1.82) is 0 Å². The molecule has 0 saturated heterocycles. The average molecular weight is 408 g/mol. The fourth-order valence-corrected chi connectivity index (χ4v) is 3.65. The first-order chi connectivity index (χ1) is 14.7. The molecule has 0 unspecified atom stereocenters. The minimum absolute atomic E-state index is 0.160. The smallest absolute Gasteiger partial charge is 0.219 e. The largest absolute Gasteiger partial charge is 0.492 e. The van der Waals surface area contributed by atoms with Gasteiger partial charge in [-0.15, -0.1) is 0 Å². The Morgan fingerprint density at radius 1 is 1.10 bits per heavy atom. The van der Waals surface area contributed by atoms with Crippen molar-refractivity contribution in [1.82, 2.24) is 14.9 Å². The SMILES string of the molecule is CCCC(=O)NCCCCCc1nc2ccccc2n1CCOc1cccc(C)c1. The topological polar surface area (TPSA) is 56.2 Å². The van der Waals surface area contributed by atoms with Crippen molar-refractivity contribution in [2.75, 3.05) is 13.2 Å². The maximum absolute atomic E-state index is 11.5. The molecule has 0 aliphatic heterocycles. The molecule has 0 saturated carbocycles. The number of aromatic nitrogens is 2. The molecule has 0 aliphatic rings. The van der Waals surface area contributed by atoms with Crippen molar-refractivity contribution in [3.8, 4) is 5.75 Å². The van der Waals surface area contributed by atoms with Crippen LogP contribution in [0.2, 0.25) is 0 Å². The predicted molar refractivity (Wildman–Crippen MR) is 122 cm³/mol. The first-order valence-corrected chi connectivity index (χ1v) is 11.1. The van der Waals surface area contributed by atoms with Crippen LogP contribution in [0.4, 0.5) is 0 Å². The highest BCUT2D eigenvalue weighted by Gasteiger charge is 2.10. The van der Waals surface area contributed by atoms with E-state index in [0.29, 0.717) is 13.0 Å². The zero-order valence-electron chi connectivity index (χ0n) is 18.2. The molecule has 1 N–H and O–H groups in total. The molecule has 1 heterocycles. The predicted octanol–water partition coefficient (Wildman–Crippen LogP) is 5.05. The quantitative estimate of drug-likeness (QED) is 0.427. The lowest BCUT2D eigenvalue weighted by molar-refractivity contribution is -0.121. The maximum Gasteiger partial charge on any atom is 0.219 e. The van der Waals surface area contributed by atoms with Crippen molar-refractivity contribution in [3.05, 3.63) is 59.9 Å². The lowest BCUT2D eigenvalue weighted by atomic mass is 10.2. The van der Waals surface area contributed by atoms with Gasteiger partial charge in [0.25, 0.3) is 0 Å². The summed E-state index contributed by atoms with van der Waals surface area (Å²) < 4.78 is 8.26. The summed E-state index contributed by atoms with van der Waals surface area (Å²) >= 11 is 0. The Bertz CT molecular complexity index is 948. The monoisotopic (exact) mass is 407 g/mol. The van der Waals surface area contributed by atoms with Crippen LogP contribution in [-0.2, 0) is 17.8 Å². The second kappa shape index (κ2) is 11.4. The Hall–Kier alpha value is -2.82. The number of para-hydroxylation sites is 2. The van der Waals surface area contributed by atoms with Crippen molar-refractivity contribution >= 4 is 16.9 Å². The first kappa shape index (κ1) is 21.9. The second-order valence-corrected chi connectivity index (χ2v) is 7.74. The molecule has 1 amide bonds. The number of benzene rings is 2. The van der Waals surface area contributed by atoms with Gasteiger partial charge in [-0.3, -0.25) is 4.79 Å². The lowest BCUT2D eigenvalue weighted by Gasteiger charge is -2.11. The number of nitrogens with one attached hydrogen (secondary N) is 1. The third-order valence-corrected chi connectivity index (χ3v) is 5.18. The molecule has 0 aliphatic carbocycles. The molecule has 0 atom stereocenters. The van der Waals surface area contributed by atoms with Crippen LogP contribution in [0.3, 0.4) is 0 Å². The molecule has 2 aromatic carbocycles. The van der Waals surface area contributed by atoms with Crippen LogP contribution in [0.5, 0.6) is 5.75 Å². The molecule has 0 fully saturated rings. The molecule has 0 radical (unpaired) electrons. The zero-order chi connectivity index (χ0) is 21.2. The Morgan fingerprint density at radius 3 is 2.80 bits per heavy atom. The van der Waals surface area contributed by atoms with Crippen LogP contribution in [0.15, 0.2) is 48.5 Å². The van der Waals surface area contributed by atoms with Gasteiger partial charge in [0.2, 0.25) is 5.91 Å². The van der Waals surface area contributed by atoms with Crippen LogP contribution in [0.1, 0.15) is 50.4 Å². The van der Waals surface area contributed by atoms with Gasteiger partial charge in [-0.2, -0.15) is 0 Å². The molecule has 3 rings (SSSR count). The first-order valence-electron chi connectivity index (χ1n) is 11.1. The van der Waals surface area contributed by atoms with Gasteiger partial charge in [0, 0.05) is 19.4 Å². The standard InChI is InChI=1S/C25H33N3O2/c1-3-10-25(29)26-16-8-4-5-15-24-27-22-13-6-7-14-23(22)28(24)17-18-30-21-12-9-11-20(2)19-21/h6-7,9,11-14,19H,3-5,8,10,15-18H2,1-2H3,(H,26,29). The fourth-order valence-electron chi connectivity index (χ4n) is 3.65. The highest BCUT2D eigenvalue weighted by molar-refractivity contribution is 5.76. The molecule has 0 bridgehead atoms. The van der Waals surface area contributed by atoms with Gasteiger partial charge in [-0.05, 0) is 56.0 Å². The summed E-state index contributed by atoms with van der Waals surface area (Å²) in [5.74, 6) is 2.18. The van der Waals surface area contributed by atoms with Gasteiger partial charge in [0.15, 0.2) is 0 Å². The number of hydrogen-bond acceptors (Lipinski definition) is 3. The van der Waals surface area contributed by atoms with Crippen LogP contribution in [0.25, 0.3) is 11.0 Å². The summed E-state index contributed by atoms with van der Waals surface area (Å²) in [6.45, 7) is 6.25. The Kier molecular flexibility index (Phi) is 8.30. The van der Waals surface area contributed by atoms with E-state index in [1.165, 1.54) is 5.56 Å². The molecule has 5 nitrogen and oxygen atoms in total. The van der Waals surface area contributed by atoms with E-state index in [9.17, 15) is 4.79 Å². The third kappa shape index (κ3) is 6.34. The minimum Gasteiger partial charge on any atom is -0.492 e. The zero-order valence-corrected chi connectivity index (χ0v) is 18.2. The summed E-state index contributed by atoms with van der Waals surface area (Å²) in [4.78, 5) is 16.4. The number of nitrogens with zero attached hydrogens (tertiary/aromatic N) is 2. The highest BCUT2D eigenvalue weighted by atomic mass is 16.5. The summed E-state index contributed by atoms with van der Waals surface area (Å²) in [5.41, 5.74) is 3.40. The Morgan fingerprint density at radius 2 is 1.97 bits per heavy atom. The second-order valence-electron chi connectivity index (χ2n) is 7.74. The van der Waals surface area contributed by atoms with Gasteiger partial charge in [0.1, 0.15) is 18.2 Å². The van der Waals surface area contributed by atoms with E-state index in [4.69, 9.17) is 9.72 Å². The number of carbonyl (C=O) groups is 1. The van der Waals surface area contributed by atoms with Crippen LogP contribution >= 0.6 is 0 Å². The summed E-state index contributed by atoms with van der Waals surface area (Å²) in [6, 6.07) is 16.4. The van der Waals surface area contributed by atoms with E-state index >= 15 is 0 Å². The van der Waals surface area contributed by atoms with E-state index in [1.54, 1.807) is 0 Å². The van der Waals surface area contributed by atoms with Gasteiger partial charge < -0.3 is 14.6 Å². The van der Waals surface area contributed by atoms with E-state index in [2.05, 4.69) is 47.1 Å². The molecule has 0 spiro atoms. The van der Waals surface area contributed by atoms with Crippen LogP contribution in [0, 0.1) is 6.92 Å². The van der Waals surface area contributed by atoms with Crippen molar-refractivity contribution < 1.29 is 9.53 Å². The third-order valence-electron chi connectivity index (χ3n) is 5.18. The van der Waals surface area contributed by atoms with Gasteiger partial charge >= 0.3 is 0 Å². The number of carbonyl (C=O) groups excluding carboxylic acids is 1. The average Bonchev–Trinajstić information content (AvgIpc) is 3.08. The number of imidazole rings is 1. The molecule has 5 heteroatoms. The van der Waals surface area contributed by atoms with E-state index in [0.717, 1.165) is 67.8 Å².